The van der Waals surface area contributed by atoms with Crippen molar-refractivity contribution in [3.8, 4) is 0 Å². The van der Waals surface area contributed by atoms with Crippen molar-refractivity contribution in [2.45, 2.75) is 24.2 Å². The monoisotopic (exact) mass is 498 g/mol. The van der Waals surface area contributed by atoms with Gasteiger partial charge >= 0.3 is 0 Å². The summed E-state index contributed by atoms with van der Waals surface area (Å²) in [5, 5.41) is 1.47. The van der Waals surface area contributed by atoms with E-state index >= 15 is 0 Å². The first-order valence-electron chi connectivity index (χ1n) is 12.1. The van der Waals surface area contributed by atoms with Gasteiger partial charge in [0.25, 0.3) is 0 Å². The van der Waals surface area contributed by atoms with Gasteiger partial charge in [0.15, 0.2) is 0 Å². The Hall–Kier alpha value is -2.19. The summed E-state index contributed by atoms with van der Waals surface area (Å²) in [7, 11) is -3.51. The third-order valence-corrected chi connectivity index (χ3v) is 9.42. The van der Waals surface area contributed by atoms with Crippen LogP contribution in [0.1, 0.15) is 19.3 Å². The molecule has 0 bridgehead atoms. The summed E-state index contributed by atoms with van der Waals surface area (Å²) < 4.78 is 28.4. The predicted octanol–water partition coefficient (Wildman–Crippen LogP) is 4.50. The molecule has 6 nitrogen and oxygen atoms in total. The molecule has 34 heavy (non-hydrogen) atoms. The summed E-state index contributed by atoms with van der Waals surface area (Å²) in [6.07, 6.45) is 4.68. The van der Waals surface area contributed by atoms with Crippen molar-refractivity contribution >= 4 is 38.2 Å². The van der Waals surface area contributed by atoms with Gasteiger partial charge in [-0.25, -0.2) is 8.42 Å². The van der Waals surface area contributed by atoms with Gasteiger partial charge < -0.3 is 4.90 Å². The number of anilines is 1. The molecular weight excluding hydrogens is 468 g/mol. The second-order valence-corrected chi connectivity index (χ2v) is 11.6. The van der Waals surface area contributed by atoms with E-state index in [-0.39, 0.29) is 0 Å². The van der Waals surface area contributed by atoms with E-state index < -0.39 is 10.0 Å². The molecule has 0 radical (unpaired) electrons. The van der Waals surface area contributed by atoms with Gasteiger partial charge in [-0.05, 0) is 80.3 Å². The fourth-order valence-corrected chi connectivity index (χ4v) is 6.92. The first kappa shape index (κ1) is 23.5. The molecule has 1 aromatic heterocycles. The Bertz CT molecular complexity index is 1210. The Kier molecular flexibility index (Phi) is 7.06. The van der Waals surface area contributed by atoms with Crippen LogP contribution < -0.4 is 4.90 Å². The number of hydrogen-bond acceptors (Lipinski definition) is 5. The molecule has 3 aromatic rings. The highest BCUT2D eigenvalue weighted by molar-refractivity contribution is 7.89. The van der Waals surface area contributed by atoms with Crippen LogP contribution in [0, 0.1) is 5.92 Å². The molecule has 5 rings (SSSR count). The van der Waals surface area contributed by atoms with Gasteiger partial charge in [-0.3, -0.25) is 9.88 Å². The lowest BCUT2D eigenvalue weighted by molar-refractivity contribution is 0.206. The largest absolute Gasteiger partial charge is 0.369 e. The van der Waals surface area contributed by atoms with Crippen molar-refractivity contribution in [3.63, 3.8) is 0 Å². The van der Waals surface area contributed by atoms with E-state index in [2.05, 4.69) is 26.9 Å². The van der Waals surface area contributed by atoms with Crippen LogP contribution in [0.25, 0.3) is 10.9 Å². The molecule has 0 amide bonds. The molecule has 2 aliphatic heterocycles. The van der Waals surface area contributed by atoms with Crippen LogP contribution in [-0.2, 0) is 10.0 Å². The molecule has 180 valence electrons. The summed E-state index contributed by atoms with van der Waals surface area (Å²) >= 11 is 6.01. The van der Waals surface area contributed by atoms with Crippen molar-refractivity contribution in [1.29, 1.82) is 0 Å². The molecule has 0 aliphatic carbocycles. The number of aromatic nitrogens is 1. The first-order chi connectivity index (χ1) is 16.5. The van der Waals surface area contributed by atoms with Gasteiger partial charge in [-0.2, -0.15) is 4.31 Å². The molecule has 0 unspecified atom stereocenters. The summed E-state index contributed by atoms with van der Waals surface area (Å²) in [5.74, 6) is 0.579. The Morgan fingerprint density at radius 2 is 1.62 bits per heavy atom. The average molecular weight is 499 g/mol. The maximum Gasteiger partial charge on any atom is 0.243 e. The first-order valence-corrected chi connectivity index (χ1v) is 13.9. The van der Waals surface area contributed by atoms with Crippen molar-refractivity contribution in [1.82, 2.24) is 14.2 Å². The quantitative estimate of drug-likeness (QED) is 0.500. The number of nitrogens with zero attached hydrogens (tertiary/aromatic N) is 4. The Labute approximate surface area is 207 Å². The molecule has 2 fully saturated rings. The van der Waals surface area contributed by atoms with Gasteiger partial charge in [-0.15, -0.1) is 0 Å². The Balaban J connectivity index is 1.11. The molecule has 0 spiro atoms. The number of piperazine rings is 1. The SMILES string of the molecule is O=S(=O)(c1cccc2ncccc12)N1CCC(CCN2CCN(c3ccc(Cl)cc3)CC2)CC1. The number of sulfonamides is 1. The van der Waals surface area contributed by atoms with Gasteiger partial charge in [0.05, 0.1) is 10.4 Å². The zero-order valence-electron chi connectivity index (χ0n) is 19.3. The lowest BCUT2D eigenvalue weighted by atomic mass is 9.94. The summed E-state index contributed by atoms with van der Waals surface area (Å²) in [6, 6.07) is 17.1. The van der Waals surface area contributed by atoms with Gasteiger partial charge in [0.2, 0.25) is 10.0 Å². The van der Waals surface area contributed by atoms with Crippen LogP contribution in [-0.4, -0.2) is 68.4 Å². The van der Waals surface area contributed by atoms with Gasteiger partial charge in [-0.1, -0.05) is 17.7 Å². The van der Waals surface area contributed by atoms with E-state index in [0.29, 0.717) is 29.3 Å². The lowest BCUT2D eigenvalue weighted by Gasteiger charge is -2.37. The smallest absolute Gasteiger partial charge is 0.243 e. The van der Waals surface area contributed by atoms with E-state index in [0.717, 1.165) is 62.5 Å². The molecule has 0 saturated carbocycles. The number of piperidine rings is 1. The molecular formula is C26H31ClN4O2S. The summed E-state index contributed by atoms with van der Waals surface area (Å²) in [5.41, 5.74) is 1.95. The third-order valence-electron chi connectivity index (χ3n) is 7.21. The maximum absolute atomic E-state index is 13.4. The third kappa shape index (κ3) is 5.08. The molecule has 2 aliphatic rings. The zero-order chi connectivity index (χ0) is 23.5. The number of pyridine rings is 1. The number of rotatable bonds is 6. The minimum Gasteiger partial charge on any atom is -0.369 e. The van der Waals surface area contributed by atoms with Crippen molar-refractivity contribution in [3.05, 3.63) is 65.8 Å². The molecule has 3 heterocycles. The summed E-state index contributed by atoms with van der Waals surface area (Å²) in [4.78, 5) is 9.64. The normalized spacial score (nSPS) is 19.0. The second kappa shape index (κ2) is 10.2. The minimum atomic E-state index is -3.51. The average Bonchev–Trinajstić information content (AvgIpc) is 2.88. The van der Waals surface area contributed by atoms with Gasteiger partial charge in [0, 0.05) is 61.6 Å². The van der Waals surface area contributed by atoms with E-state index in [1.54, 1.807) is 28.7 Å². The molecule has 0 N–H and O–H groups in total. The highest BCUT2D eigenvalue weighted by atomic mass is 35.5. The highest BCUT2D eigenvalue weighted by Crippen LogP contribution is 2.29. The fourth-order valence-electron chi connectivity index (χ4n) is 5.12. The van der Waals surface area contributed by atoms with E-state index in [1.165, 1.54) is 5.69 Å². The van der Waals surface area contributed by atoms with E-state index in [4.69, 9.17) is 11.6 Å². The zero-order valence-corrected chi connectivity index (χ0v) is 20.9. The van der Waals surface area contributed by atoms with Crippen LogP contribution in [0.2, 0.25) is 5.02 Å². The number of benzene rings is 2. The second-order valence-electron chi connectivity index (χ2n) is 9.27. The van der Waals surface area contributed by atoms with Crippen molar-refractivity contribution in [2.75, 3.05) is 50.7 Å². The Morgan fingerprint density at radius 1 is 0.882 bits per heavy atom. The summed E-state index contributed by atoms with van der Waals surface area (Å²) in [6.45, 7) is 6.44. The molecule has 2 aromatic carbocycles. The molecule has 0 atom stereocenters. The molecule has 8 heteroatoms. The predicted molar refractivity (Wildman–Crippen MR) is 138 cm³/mol. The van der Waals surface area contributed by atoms with Crippen LogP contribution in [0.3, 0.4) is 0 Å². The van der Waals surface area contributed by atoms with Crippen LogP contribution in [0.5, 0.6) is 0 Å². The Morgan fingerprint density at radius 3 is 2.35 bits per heavy atom. The highest BCUT2D eigenvalue weighted by Gasteiger charge is 2.31. The van der Waals surface area contributed by atoms with E-state index in [1.807, 2.05) is 24.3 Å². The molecule has 2 saturated heterocycles. The standard InChI is InChI=1S/C26H31ClN4O2S/c27-22-6-8-23(9-7-22)30-19-17-29(18-20-30)14-10-21-11-15-31(16-12-21)34(32,33)26-5-1-4-25-24(26)3-2-13-28-25/h1-9,13,21H,10-12,14-20H2. The van der Waals surface area contributed by atoms with Crippen LogP contribution in [0.4, 0.5) is 5.69 Å². The maximum atomic E-state index is 13.4. The van der Waals surface area contributed by atoms with Gasteiger partial charge in [0.1, 0.15) is 0 Å². The number of fused-ring (bicyclic) bond motifs is 1. The lowest BCUT2D eigenvalue weighted by Crippen LogP contribution is -2.47. The fraction of sp³-hybridized carbons (Fsp3) is 0.423. The van der Waals surface area contributed by atoms with Crippen LogP contribution >= 0.6 is 11.6 Å². The topological polar surface area (TPSA) is 56.8 Å². The van der Waals surface area contributed by atoms with Crippen molar-refractivity contribution < 1.29 is 8.42 Å². The van der Waals surface area contributed by atoms with E-state index in [9.17, 15) is 8.42 Å². The minimum absolute atomic E-state index is 0.370. The number of halogens is 1. The van der Waals surface area contributed by atoms with Crippen molar-refractivity contribution in [2.24, 2.45) is 5.92 Å². The number of hydrogen-bond donors (Lipinski definition) is 0. The van der Waals surface area contributed by atoms with Crippen LogP contribution in [0.15, 0.2) is 65.7 Å².